The summed E-state index contributed by atoms with van der Waals surface area (Å²) in [5.74, 6) is -2.77. The number of carbonyl (C=O) groups is 5. The highest BCUT2D eigenvalue weighted by Crippen LogP contribution is 2.35. The first-order valence-electron chi connectivity index (χ1n) is 19.9. The van der Waals surface area contributed by atoms with Crippen LogP contribution in [0.1, 0.15) is 108 Å². The quantitative estimate of drug-likeness (QED) is 0.121. The van der Waals surface area contributed by atoms with E-state index in [2.05, 4.69) is 0 Å². The third-order valence-corrected chi connectivity index (χ3v) is 10.2. The van der Waals surface area contributed by atoms with Crippen molar-refractivity contribution in [2.75, 3.05) is 27.3 Å². The van der Waals surface area contributed by atoms with Crippen LogP contribution in [0.4, 0.5) is 9.18 Å². The van der Waals surface area contributed by atoms with E-state index < -0.39 is 71.9 Å². The van der Waals surface area contributed by atoms with E-state index in [1.165, 1.54) is 39.8 Å². The summed E-state index contributed by atoms with van der Waals surface area (Å²) >= 11 is 0. The van der Waals surface area contributed by atoms with Crippen molar-refractivity contribution in [2.45, 2.75) is 141 Å². The van der Waals surface area contributed by atoms with E-state index in [9.17, 15) is 24.0 Å². The van der Waals surface area contributed by atoms with Crippen LogP contribution in [-0.2, 0) is 55.9 Å². The number of aryl methyl sites for hydroxylation is 1. The average molecular weight is 797 g/mol. The SMILES string of the molecule is Cc1cccc(COC(=O)[C@@H](C)OC(=O)[C@H](CC2CC2)N(C)C(=O)[C@@H](Cc2ccc(C3CCOCC3)cc2)OC(=O)[C@H](CC(C)(C)F)N(C)C(=O)OC(C)(C)C)c1. The second-order valence-corrected chi connectivity index (χ2v) is 17.1. The van der Waals surface area contributed by atoms with E-state index in [4.69, 9.17) is 23.7 Å². The Morgan fingerprint density at radius 3 is 2.04 bits per heavy atom. The zero-order valence-corrected chi connectivity index (χ0v) is 35.0. The monoisotopic (exact) mass is 796 g/mol. The van der Waals surface area contributed by atoms with Gasteiger partial charge in [0, 0.05) is 40.2 Å². The predicted octanol–water partition coefficient (Wildman–Crippen LogP) is 7.02. The van der Waals surface area contributed by atoms with Crippen molar-refractivity contribution in [3.63, 3.8) is 0 Å². The van der Waals surface area contributed by atoms with Gasteiger partial charge in [-0.1, -0.05) is 66.9 Å². The number of esters is 3. The molecule has 1 aliphatic heterocycles. The number of benzene rings is 2. The van der Waals surface area contributed by atoms with Crippen molar-refractivity contribution < 1.29 is 52.0 Å². The van der Waals surface area contributed by atoms with Gasteiger partial charge >= 0.3 is 24.0 Å². The predicted molar refractivity (Wildman–Crippen MR) is 211 cm³/mol. The Morgan fingerprint density at radius 2 is 1.46 bits per heavy atom. The van der Waals surface area contributed by atoms with Crippen LogP contribution in [0.2, 0.25) is 0 Å². The van der Waals surface area contributed by atoms with Gasteiger partial charge in [-0.25, -0.2) is 23.6 Å². The fourth-order valence-electron chi connectivity index (χ4n) is 6.71. The third kappa shape index (κ3) is 14.4. The summed E-state index contributed by atoms with van der Waals surface area (Å²) in [4.78, 5) is 70.5. The van der Waals surface area contributed by atoms with Crippen LogP contribution in [-0.4, -0.2) is 103 Å². The normalized spacial score (nSPS) is 17.0. The van der Waals surface area contributed by atoms with Gasteiger partial charge in [0.1, 0.15) is 30.0 Å². The zero-order chi connectivity index (χ0) is 42.1. The molecule has 12 nitrogen and oxygen atoms in total. The van der Waals surface area contributed by atoms with Crippen LogP contribution in [0, 0.1) is 12.8 Å². The summed E-state index contributed by atoms with van der Waals surface area (Å²) in [6.45, 7) is 12.3. The number of rotatable bonds is 17. The first-order valence-corrected chi connectivity index (χ1v) is 19.9. The molecule has 4 atom stereocenters. The number of amides is 2. The standard InChI is InChI=1S/C44H61FN2O10/c1-28-11-10-12-32(23-28)27-54-39(49)29(2)55-40(50)35(24-30-13-14-30)46(8)38(48)37(25-31-15-17-33(18-16-31)34-19-21-53-22-20-34)56-41(51)36(26-44(6,7)45)47(9)42(52)57-43(3,4)5/h10-12,15-18,23,29-30,34-37H,13-14,19-22,24-27H2,1-9H3/t29-,35+,36+,37-/m1/s1. The molecule has 2 amide bonds. The van der Waals surface area contributed by atoms with Crippen LogP contribution < -0.4 is 0 Å². The molecule has 0 aromatic heterocycles. The summed E-state index contributed by atoms with van der Waals surface area (Å²) in [6, 6.07) is 12.6. The molecule has 1 aliphatic carbocycles. The number of carbonyl (C=O) groups excluding carboxylic acids is 5. The highest BCUT2D eigenvalue weighted by atomic mass is 19.1. The van der Waals surface area contributed by atoms with Crippen LogP contribution in [0.5, 0.6) is 0 Å². The minimum absolute atomic E-state index is 0.000900. The van der Waals surface area contributed by atoms with Crippen LogP contribution in [0.25, 0.3) is 0 Å². The van der Waals surface area contributed by atoms with Crippen LogP contribution in [0.15, 0.2) is 48.5 Å². The Labute approximate surface area is 336 Å². The van der Waals surface area contributed by atoms with Gasteiger partial charge < -0.3 is 28.6 Å². The lowest BCUT2D eigenvalue weighted by atomic mass is 9.90. The van der Waals surface area contributed by atoms with Crippen molar-refractivity contribution in [1.82, 2.24) is 9.80 Å². The van der Waals surface area contributed by atoms with Crippen molar-refractivity contribution in [2.24, 2.45) is 5.92 Å². The lowest BCUT2D eigenvalue weighted by Crippen LogP contribution is -2.52. The van der Waals surface area contributed by atoms with Crippen molar-refractivity contribution >= 4 is 29.9 Å². The smallest absolute Gasteiger partial charge is 0.410 e. The molecule has 0 spiro atoms. The number of likely N-dealkylation sites (N-methyl/N-ethyl adjacent to an activating group) is 2. The van der Waals surface area contributed by atoms with Gasteiger partial charge in [-0.2, -0.15) is 0 Å². The maximum absolute atomic E-state index is 15.2. The first-order chi connectivity index (χ1) is 26.7. The Morgan fingerprint density at radius 1 is 0.825 bits per heavy atom. The van der Waals surface area contributed by atoms with Gasteiger partial charge in [-0.15, -0.1) is 0 Å². The fourth-order valence-corrected chi connectivity index (χ4v) is 6.71. The van der Waals surface area contributed by atoms with Crippen molar-refractivity contribution in [3.05, 3.63) is 70.8 Å². The van der Waals surface area contributed by atoms with E-state index >= 15 is 4.39 Å². The molecule has 0 radical (unpaired) electrons. The topological polar surface area (TPSA) is 138 Å². The van der Waals surface area contributed by atoms with E-state index in [0.717, 1.165) is 47.3 Å². The summed E-state index contributed by atoms with van der Waals surface area (Å²) in [5.41, 5.74) is 0.789. The van der Waals surface area contributed by atoms with E-state index in [0.29, 0.717) is 24.7 Å². The maximum Gasteiger partial charge on any atom is 0.410 e. The molecule has 57 heavy (non-hydrogen) atoms. The minimum Gasteiger partial charge on any atom is -0.458 e. The molecule has 1 heterocycles. The van der Waals surface area contributed by atoms with Gasteiger partial charge in [0.15, 0.2) is 12.2 Å². The molecule has 1 saturated heterocycles. The van der Waals surface area contributed by atoms with E-state index in [-0.39, 0.29) is 25.4 Å². The Bertz CT molecular complexity index is 1690. The molecule has 0 unspecified atom stereocenters. The Hall–Kier alpha value is -4.52. The molecule has 314 valence electrons. The fraction of sp³-hybridized carbons (Fsp3) is 0.614. The minimum atomic E-state index is -1.91. The van der Waals surface area contributed by atoms with Gasteiger partial charge in [-0.3, -0.25) is 9.69 Å². The highest BCUT2D eigenvalue weighted by molar-refractivity contribution is 5.90. The zero-order valence-electron chi connectivity index (χ0n) is 35.0. The molecule has 2 fully saturated rings. The number of hydrogen-bond acceptors (Lipinski definition) is 10. The van der Waals surface area contributed by atoms with Gasteiger partial charge in [0.05, 0.1) is 0 Å². The second-order valence-electron chi connectivity index (χ2n) is 17.1. The first kappa shape index (κ1) is 45.2. The number of halogens is 1. The van der Waals surface area contributed by atoms with Crippen LogP contribution in [0.3, 0.4) is 0 Å². The molecule has 13 heteroatoms. The van der Waals surface area contributed by atoms with Gasteiger partial charge in [0.25, 0.3) is 5.91 Å². The molecule has 4 rings (SSSR count). The van der Waals surface area contributed by atoms with Crippen molar-refractivity contribution in [3.8, 4) is 0 Å². The molecule has 1 saturated carbocycles. The molecule has 0 bridgehead atoms. The summed E-state index contributed by atoms with van der Waals surface area (Å²) in [7, 11) is 2.75. The molecular weight excluding hydrogens is 735 g/mol. The number of hydrogen-bond donors (Lipinski definition) is 0. The average Bonchev–Trinajstić information content (AvgIpc) is 3.98. The molecule has 2 aromatic carbocycles. The summed E-state index contributed by atoms with van der Waals surface area (Å²) < 4.78 is 43.2. The van der Waals surface area contributed by atoms with Gasteiger partial charge in [0.2, 0.25) is 0 Å². The molecule has 0 N–H and O–H groups in total. The van der Waals surface area contributed by atoms with Crippen LogP contribution >= 0.6 is 0 Å². The molecule has 2 aromatic rings. The highest BCUT2D eigenvalue weighted by Gasteiger charge is 2.42. The number of ether oxygens (including phenoxy) is 5. The Kier molecular flexibility index (Phi) is 15.7. The lowest BCUT2D eigenvalue weighted by Gasteiger charge is -2.34. The summed E-state index contributed by atoms with van der Waals surface area (Å²) in [6.07, 6.45) is -0.342. The maximum atomic E-state index is 15.2. The molecular formula is C44H61FN2O10. The third-order valence-electron chi connectivity index (χ3n) is 10.2. The molecule has 2 aliphatic rings. The lowest BCUT2D eigenvalue weighted by molar-refractivity contribution is -0.174. The number of nitrogens with zero attached hydrogens (tertiary/aromatic N) is 2. The second kappa shape index (κ2) is 19.8. The van der Waals surface area contributed by atoms with Gasteiger partial charge in [-0.05, 0) is 96.3 Å². The van der Waals surface area contributed by atoms with E-state index in [1.807, 2.05) is 55.5 Å². The Balaban J connectivity index is 1.57. The van der Waals surface area contributed by atoms with Crippen molar-refractivity contribution in [1.29, 1.82) is 0 Å². The number of alkyl halides is 1. The van der Waals surface area contributed by atoms with E-state index in [1.54, 1.807) is 20.8 Å². The summed E-state index contributed by atoms with van der Waals surface area (Å²) in [5, 5.41) is 0. The largest absolute Gasteiger partial charge is 0.458 e.